The average Bonchev–Trinajstić information content (AvgIpc) is 3.56. The van der Waals surface area contributed by atoms with Crippen molar-refractivity contribution in [1.82, 2.24) is 10.2 Å². The third-order valence-electron chi connectivity index (χ3n) is 8.90. The number of nitrogens with zero attached hydrogens (tertiary/aromatic N) is 1. The molecule has 3 saturated heterocycles. The number of phenols is 2. The maximum atomic E-state index is 14.0. The highest BCUT2D eigenvalue weighted by atomic mass is 16.7. The van der Waals surface area contributed by atoms with Crippen LogP contribution in [-0.2, 0) is 20.7 Å². The van der Waals surface area contributed by atoms with Crippen LogP contribution in [0.5, 0.6) is 34.5 Å². The Morgan fingerprint density at radius 1 is 1.23 bits per heavy atom. The second-order valence-electron chi connectivity index (χ2n) is 11.0. The number of fused-ring (bicyclic) bond motifs is 5. The summed E-state index contributed by atoms with van der Waals surface area (Å²) in [7, 11) is 1.36. The lowest BCUT2D eigenvalue weighted by atomic mass is 9.76. The summed E-state index contributed by atoms with van der Waals surface area (Å²) in [6, 6.07) is 1.54. The molecule has 5 aliphatic rings. The van der Waals surface area contributed by atoms with E-state index in [0.29, 0.717) is 35.7 Å². The van der Waals surface area contributed by atoms with Crippen molar-refractivity contribution in [3.63, 3.8) is 0 Å². The number of benzene rings is 2. The number of aliphatic hydroxyl groups is 1. The number of rotatable bonds is 6. The molecular formula is C28H30N2O9. The van der Waals surface area contributed by atoms with Crippen LogP contribution in [0.3, 0.4) is 0 Å². The molecule has 0 saturated carbocycles. The van der Waals surface area contributed by atoms with Crippen LogP contribution in [0.15, 0.2) is 24.8 Å². The Morgan fingerprint density at radius 2 is 1.92 bits per heavy atom. The van der Waals surface area contributed by atoms with E-state index < -0.39 is 29.5 Å². The van der Waals surface area contributed by atoms with E-state index in [1.165, 1.54) is 19.2 Å². The van der Waals surface area contributed by atoms with Crippen molar-refractivity contribution in [3.05, 3.63) is 47.0 Å². The number of hydrogen-bond acceptors (Lipinski definition) is 10. The largest absolute Gasteiger partial charge is 0.504 e. The van der Waals surface area contributed by atoms with E-state index in [0.717, 1.165) is 16.7 Å². The number of carbonyl (C=O) groups is 1. The molecule has 2 aromatic rings. The number of likely N-dealkylation sites (tertiary alicyclic amines) is 1. The molecule has 39 heavy (non-hydrogen) atoms. The smallest absolute Gasteiger partial charge is 0.240 e. The monoisotopic (exact) mass is 538 g/mol. The Morgan fingerprint density at radius 3 is 2.56 bits per heavy atom. The van der Waals surface area contributed by atoms with Gasteiger partial charge in [-0.2, -0.15) is 0 Å². The molecule has 4 heterocycles. The maximum Gasteiger partial charge on any atom is 0.240 e. The molecular weight excluding hydrogens is 508 g/mol. The van der Waals surface area contributed by atoms with Crippen LogP contribution < -0.4 is 24.3 Å². The summed E-state index contributed by atoms with van der Waals surface area (Å²) in [6.07, 6.45) is 1.42. The van der Waals surface area contributed by atoms with E-state index in [1.807, 2.05) is 13.8 Å². The summed E-state index contributed by atoms with van der Waals surface area (Å²) in [5.74, 6) is 1.26. The molecule has 3 fully saturated rings. The van der Waals surface area contributed by atoms with E-state index in [2.05, 4.69) is 11.9 Å². The van der Waals surface area contributed by atoms with Crippen molar-refractivity contribution >= 4 is 5.91 Å². The van der Waals surface area contributed by atoms with Gasteiger partial charge in [-0.1, -0.05) is 12.7 Å². The van der Waals surface area contributed by atoms with Crippen LogP contribution in [0.4, 0.5) is 0 Å². The van der Waals surface area contributed by atoms with Crippen molar-refractivity contribution in [2.45, 2.75) is 62.2 Å². The molecule has 1 spiro atoms. The standard InChI is InChI=1S/C28H30N2O9/c1-5-6-36-20-12(2)21-23(38-11-37-21)18-15-10-28(19(18)20)24(26(34)39-28)30(15)25(33)14-9-27(3,29-14)13-7-16(31)22(35-4)17(32)8-13/h5,7-8,14-15,24,26,29,31-32,34H,1,6,9-11H2,2-4H3/t14-,15-,24+,26?,27?,28-/m0/s1. The minimum absolute atomic E-state index is 0.00395. The van der Waals surface area contributed by atoms with Gasteiger partial charge >= 0.3 is 0 Å². The number of hydrogen-bond donors (Lipinski definition) is 4. The van der Waals surface area contributed by atoms with Gasteiger partial charge in [0.2, 0.25) is 18.4 Å². The first-order chi connectivity index (χ1) is 18.6. The number of amides is 1. The van der Waals surface area contributed by atoms with Crippen LogP contribution in [0.1, 0.15) is 48.1 Å². The molecule has 2 bridgehead atoms. The second kappa shape index (κ2) is 7.93. The molecule has 6 atom stereocenters. The topological polar surface area (TPSA) is 139 Å². The van der Waals surface area contributed by atoms with Gasteiger partial charge in [0, 0.05) is 28.7 Å². The van der Waals surface area contributed by atoms with Crippen molar-refractivity contribution in [2.24, 2.45) is 0 Å². The molecule has 1 aliphatic carbocycles. The van der Waals surface area contributed by atoms with Gasteiger partial charge in [-0.3, -0.25) is 10.1 Å². The molecule has 11 nitrogen and oxygen atoms in total. The molecule has 206 valence electrons. The fraction of sp³-hybridized carbons (Fsp3) is 0.464. The molecule has 0 radical (unpaired) electrons. The average molecular weight is 539 g/mol. The number of aliphatic hydroxyl groups excluding tert-OH is 1. The Hall–Kier alpha value is -3.67. The molecule has 0 aromatic heterocycles. The Balaban J connectivity index is 1.22. The van der Waals surface area contributed by atoms with Gasteiger partial charge < -0.3 is 43.9 Å². The van der Waals surface area contributed by atoms with Gasteiger partial charge in [-0.05, 0) is 38.0 Å². The van der Waals surface area contributed by atoms with Gasteiger partial charge in [-0.15, -0.1) is 0 Å². The predicted octanol–water partition coefficient (Wildman–Crippen LogP) is 2.19. The van der Waals surface area contributed by atoms with Crippen molar-refractivity contribution < 1.29 is 43.8 Å². The minimum atomic E-state index is -1.13. The van der Waals surface area contributed by atoms with E-state index in [4.69, 9.17) is 23.7 Å². The summed E-state index contributed by atoms with van der Waals surface area (Å²) in [5.41, 5.74) is 1.46. The number of methoxy groups -OCH3 is 1. The molecule has 2 aromatic carbocycles. The van der Waals surface area contributed by atoms with Gasteiger partial charge in [0.25, 0.3) is 0 Å². The molecule has 1 amide bonds. The molecule has 7 rings (SSSR count). The van der Waals surface area contributed by atoms with Crippen LogP contribution in [-0.4, -0.2) is 65.0 Å². The number of carbonyl (C=O) groups excluding carboxylic acids is 1. The first-order valence-corrected chi connectivity index (χ1v) is 12.9. The zero-order chi connectivity index (χ0) is 27.4. The Labute approximate surface area is 224 Å². The van der Waals surface area contributed by atoms with Crippen LogP contribution >= 0.6 is 0 Å². The molecule has 11 heteroatoms. The van der Waals surface area contributed by atoms with Gasteiger partial charge in [0.1, 0.15) is 24.0 Å². The third kappa shape index (κ3) is 2.95. The second-order valence-corrected chi connectivity index (χ2v) is 11.0. The van der Waals surface area contributed by atoms with Crippen molar-refractivity contribution in [2.75, 3.05) is 20.5 Å². The first-order valence-electron chi connectivity index (χ1n) is 12.9. The summed E-state index contributed by atoms with van der Waals surface area (Å²) < 4.78 is 28.9. The Kier molecular flexibility index (Phi) is 4.96. The SMILES string of the molecule is C=CCOc1c(C)c2c(c3c1[C@@]14C[C@@H]3N(C(=O)[C@@H]3CC(C)(c5cc(O)c(OC)c(O)c5)N3)[C@@H]1C(O)O4)OCO2. The zero-order valence-electron chi connectivity index (χ0n) is 21.8. The highest BCUT2D eigenvalue weighted by molar-refractivity contribution is 5.87. The van der Waals surface area contributed by atoms with Crippen LogP contribution in [0.2, 0.25) is 0 Å². The minimum Gasteiger partial charge on any atom is -0.504 e. The first kappa shape index (κ1) is 24.4. The molecule has 2 unspecified atom stereocenters. The predicted molar refractivity (Wildman–Crippen MR) is 135 cm³/mol. The van der Waals surface area contributed by atoms with Crippen LogP contribution in [0, 0.1) is 6.92 Å². The number of nitrogens with one attached hydrogen (secondary N) is 1. The number of aromatic hydroxyl groups is 2. The van der Waals surface area contributed by atoms with E-state index in [9.17, 15) is 20.1 Å². The summed E-state index contributed by atoms with van der Waals surface area (Å²) in [6.45, 7) is 7.90. The normalized spacial score (nSPS) is 32.7. The number of phenolic OH excluding ortho intramolecular Hbond substituents is 2. The highest BCUT2D eigenvalue weighted by Gasteiger charge is 2.74. The van der Waals surface area contributed by atoms with E-state index in [-0.39, 0.29) is 42.6 Å². The lowest BCUT2D eigenvalue weighted by Gasteiger charge is -2.55. The lowest BCUT2D eigenvalue weighted by molar-refractivity contribution is -0.323. The Bertz CT molecular complexity index is 1410. The summed E-state index contributed by atoms with van der Waals surface area (Å²) >= 11 is 0. The summed E-state index contributed by atoms with van der Waals surface area (Å²) in [5, 5.41) is 34.6. The number of ether oxygens (including phenoxy) is 5. The van der Waals surface area contributed by atoms with Crippen LogP contribution in [0.25, 0.3) is 0 Å². The fourth-order valence-corrected chi connectivity index (χ4v) is 7.23. The molecule has 4 aliphatic heterocycles. The zero-order valence-corrected chi connectivity index (χ0v) is 21.8. The van der Waals surface area contributed by atoms with Crippen molar-refractivity contribution in [1.29, 1.82) is 0 Å². The maximum absolute atomic E-state index is 14.0. The summed E-state index contributed by atoms with van der Waals surface area (Å²) in [4.78, 5) is 15.7. The molecule has 4 N–H and O–H groups in total. The van der Waals surface area contributed by atoms with Gasteiger partial charge in [0.05, 0.1) is 19.2 Å². The van der Waals surface area contributed by atoms with Crippen molar-refractivity contribution in [3.8, 4) is 34.5 Å². The van der Waals surface area contributed by atoms with Gasteiger partial charge in [0.15, 0.2) is 29.3 Å². The fourth-order valence-electron chi connectivity index (χ4n) is 7.23. The lowest BCUT2D eigenvalue weighted by Crippen LogP contribution is -2.71. The van der Waals surface area contributed by atoms with E-state index in [1.54, 1.807) is 11.0 Å². The van der Waals surface area contributed by atoms with E-state index >= 15 is 0 Å². The highest BCUT2D eigenvalue weighted by Crippen LogP contribution is 2.70. The third-order valence-corrected chi connectivity index (χ3v) is 8.90. The quantitative estimate of drug-likeness (QED) is 0.405. The van der Waals surface area contributed by atoms with Gasteiger partial charge in [-0.25, -0.2) is 0 Å².